The second-order valence-corrected chi connectivity index (χ2v) is 7.53. The Hall–Kier alpha value is -0.810. The Kier molecular flexibility index (Phi) is 4.14. The standard InChI is InChI=1S/C16H29N3O2/c1-2-14(8-20)19-15(21)18-9-16(17)12-4-10-3-11(6-12)7-13(16)5-10/h10-14,20H,2-9,17H2,1H3,(H2,18,19,21)/t10?,11?,12?,13?,14-,16?/m0/s1. The van der Waals surface area contributed by atoms with E-state index in [4.69, 9.17) is 10.8 Å². The van der Waals surface area contributed by atoms with E-state index in [1.54, 1.807) is 0 Å². The predicted octanol–water partition coefficient (Wildman–Crippen LogP) is 1.21. The number of aliphatic hydroxyl groups is 1. The maximum Gasteiger partial charge on any atom is 0.315 e. The summed E-state index contributed by atoms with van der Waals surface area (Å²) in [7, 11) is 0. The quantitative estimate of drug-likeness (QED) is 0.615. The van der Waals surface area contributed by atoms with Gasteiger partial charge in [-0.15, -0.1) is 0 Å². The number of carbonyl (C=O) groups is 1. The van der Waals surface area contributed by atoms with Crippen LogP contribution in [-0.4, -0.2) is 35.9 Å². The number of nitrogens with one attached hydrogen (secondary N) is 2. The molecule has 4 aliphatic carbocycles. The first-order valence-electron chi connectivity index (χ1n) is 8.49. The van der Waals surface area contributed by atoms with Crippen molar-refractivity contribution in [3.63, 3.8) is 0 Å². The summed E-state index contributed by atoms with van der Waals surface area (Å²) in [5.74, 6) is 2.93. The maximum absolute atomic E-state index is 12.0. The number of carbonyl (C=O) groups excluding carboxylic acids is 1. The van der Waals surface area contributed by atoms with E-state index in [9.17, 15) is 4.79 Å². The molecule has 1 atom stereocenters. The number of hydrogen-bond acceptors (Lipinski definition) is 3. The van der Waals surface area contributed by atoms with E-state index in [2.05, 4.69) is 10.6 Å². The Morgan fingerprint density at radius 1 is 1.24 bits per heavy atom. The summed E-state index contributed by atoms with van der Waals surface area (Å²) in [6.07, 6.45) is 7.14. The molecule has 4 rings (SSSR count). The highest BCUT2D eigenvalue weighted by atomic mass is 16.3. The van der Waals surface area contributed by atoms with Crippen molar-refractivity contribution in [1.29, 1.82) is 0 Å². The maximum atomic E-state index is 12.0. The average molecular weight is 295 g/mol. The highest BCUT2D eigenvalue weighted by molar-refractivity contribution is 5.74. The Bertz CT molecular complexity index is 367. The topological polar surface area (TPSA) is 87.4 Å². The average Bonchev–Trinajstić information content (AvgIpc) is 2.47. The van der Waals surface area contributed by atoms with E-state index in [1.165, 1.54) is 32.1 Å². The van der Waals surface area contributed by atoms with E-state index in [-0.39, 0.29) is 24.2 Å². The van der Waals surface area contributed by atoms with Crippen molar-refractivity contribution in [1.82, 2.24) is 10.6 Å². The molecule has 0 saturated heterocycles. The first-order chi connectivity index (χ1) is 10.0. The molecule has 4 fully saturated rings. The normalized spacial score (nSPS) is 41.9. The zero-order valence-corrected chi connectivity index (χ0v) is 13.0. The first kappa shape index (κ1) is 15.1. The van der Waals surface area contributed by atoms with Gasteiger partial charge in [0.25, 0.3) is 0 Å². The SMILES string of the molecule is CC[C@@H](CO)NC(=O)NCC1(N)C2CC3CC(C2)CC1C3. The van der Waals surface area contributed by atoms with Gasteiger partial charge >= 0.3 is 6.03 Å². The fourth-order valence-corrected chi connectivity index (χ4v) is 5.10. The van der Waals surface area contributed by atoms with Crippen molar-refractivity contribution in [2.75, 3.05) is 13.2 Å². The first-order valence-corrected chi connectivity index (χ1v) is 8.49. The highest BCUT2D eigenvalue weighted by Crippen LogP contribution is 2.57. The van der Waals surface area contributed by atoms with Crippen molar-refractivity contribution < 1.29 is 9.90 Å². The Morgan fingerprint density at radius 2 is 1.81 bits per heavy atom. The monoisotopic (exact) mass is 295 g/mol. The van der Waals surface area contributed by atoms with Crippen molar-refractivity contribution in [2.45, 2.75) is 57.0 Å². The van der Waals surface area contributed by atoms with Crippen LogP contribution < -0.4 is 16.4 Å². The lowest BCUT2D eigenvalue weighted by atomic mass is 9.49. The molecule has 0 spiro atoms. The van der Waals surface area contributed by atoms with Crippen LogP contribution in [0.1, 0.15) is 45.4 Å². The van der Waals surface area contributed by atoms with Crippen LogP contribution >= 0.6 is 0 Å². The lowest BCUT2D eigenvalue weighted by Gasteiger charge is -2.59. The minimum atomic E-state index is -0.217. The number of aliphatic hydroxyl groups excluding tert-OH is 1. The van der Waals surface area contributed by atoms with Gasteiger partial charge in [-0.05, 0) is 62.2 Å². The van der Waals surface area contributed by atoms with Crippen molar-refractivity contribution in [3.8, 4) is 0 Å². The van der Waals surface area contributed by atoms with Gasteiger partial charge in [0.2, 0.25) is 0 Å². The molecule has 0 aromatic rings. The van der Waals surface area contributed by atoms with Gasteiger partial charge in [0.15, 0.2) is 0 Å². The van der Waals surface area contributed by atoms with Crippen molar-refractivity contribution in [2.24, 2.45) is 29.4 Å². The number of urea groups is 1. The van der Waals surface area contributed by atoms with E-state index in [0.29, 0.717) is 18.4 Å². The summed E-state index contributed by atoms with van der Waals surface area (Å²) >= 11 is 0. The molecule has 4 aliphatic rings. The second-order valence-electron chi connectivity index (χ2n) is 7.53. The third-order valence-corrected chi connectivity index (χ3v) is 6.26. The van der Waals surface area contributed by atoms with E-state index in [1.807, 2.05) is 6.92 Å². The largest absolute Gasteiger partial charge is 0.394 e. The summed E-state index contributed by atoms with van der Waals surface area (Å²) in [5.41, 5.74) is 6.53. The molecule has 0 aromatic heterocycles. The van der Waals surface area contributed by atoms with E-state index >= 15 is 0 Å². The number of hydrogen-bond donors (Lipinski definition) is 4. The zero-order valence-electron chi connectivity index (χ0n) is 13.0. The fraction of sp³-hybridized carbons (Fsp3) is 0.938. The fourth-order valence-electron chi connectivity index (χ4n) is 5.10. The van der Waals surface area contributed by atoms with Gasteiger partial charge in [-0.1, -0.05) is 6.92 Å². The molecule has 0 heterocycles. The van der Waals surface area contributed by atoms with Gasteiger partial charge in [0.1, 0.15) is 0 Å². The number of amides is 2. The van der Waals surface area contributed by atoms with Gasteiger partial charge < -0.3 is 21.5 Å². The molecule has 120 valence electrons. The molecule has 0 radical (unpaired) electrons. The Morgan fingerprint density at radius 3 is 2.29 bits per heavy atom. The van der Waals surface area contributed by atoms with Crippen LogP contribution in [-0.2, 0) is 0 Å². The minimum absolute atomic E-state index is 0.0215. The van der Waals surface area contributed by atoms with Gasteiger partial charge in [-0.25, -0.2) is 4.79 Å². The Balaban J connectivity index is 1.56. The van der Waals surface area contributed by atoms with Gasteiger partial charge in [0, 0.05) is 12.1 Å². The van der Waals surface area contributed by atoms with E-state index in [0.717, 1.165) is 18.3 Å². The van der Waals surface area contributed by atoms with Crippen molar-refractivity contribution >= 4 is 6.03 Å². The number of nitrogens with two attached hydrogens (primary N) is 1. The predicted molar refractivity (Wildman–Crippen MR) is 81.7 cm³/mol. The van der Waals surface area contributed by atoms with Crippen LogP contribution in [0.25, 0.3) is 0 Å². The molecule has 0 aliphatic heterocycles. The minimum Gasteiger partial charge on any atom is -0.394 e. The molecular weight excluding hydrogens is 266 g/mol. The summed E-state index contributed by atoms with van der Waals surface area (Å²) in [6, 6.07) is -0.369. The Labute approximate surface area is 127 Å². The smallest absolute Gasteiger partial charge is 0.315 e. The van der Waals surface area contributed by atoms with Crippen molar-refractivity contribution in [3.05, 3.63) is 0 Å². The highest BCUT2D eigenvalue weighted by Gasteiger charge is 2.55. The van der Waals surface area contributed by atoms with E-state index < -0.39 is 0 Å². The molecular formula is C16H29N3O2. The zero-order chi connectivity index (χ0) is 15.0. The molecule has 21 heavy (non-hydrogen) atoms. The molecule has 0 aromatic carbocycles. The van der Waals surface area contributed by atoms with Crippen LogP contribution in [0.15, 0.2) is 0 Å². The van der Waals surface area contributed by atoms with Gasteiger partial charge in [-0.3, -0.25) is 0 Å². The third-order valence-electron chi connectivity index (χ3n) is 6.26. The molecule has 4 saturated carbocycles. The summed E-state index contributed by atoms with van der Waals surface area (Å²) < 4.78 is 0. The molecule has 5 heteroatoms. The summed E-state index contributed by atoms with van der Waals surface area (Å²) in [6.45, 7) is 2.49. The molecule has 0 unspecified atom stereocenters. The molecule has 2 amide bonds. The van der Waals surface area contributed by atoms with Crippen LogP contribution in [0.3, 0.4) is 0 Å². The van der Waals surface area contributed by atoms with Crippen LogP contribution in [0.5, 0.6) is 0 Å². The summed E-state index contributed by atoms with van der Waals surface area (Å²) in [5, 5.41) is 14.9. The lowest BCUT2D eigenvalue weighted by Crippen LogP contribution is -2.67. The van der Waals surface area contributed by atoms with Gasteiger partial charge in [-0.2, -0.15) is 0 Å². The third kappa shape index (κ3) is 2.78. The second kappa shape index (κ2) is 5.76. The number of rotatable bonds is 5. The lowest BCUT2D eigenvalue weighted by molar-refractivity contribution is -0.0530. The van der Waals surface area contributed by atoms with Crippen LogP contribution in [0.2, 0.25) is 0 Å². The van der Waals surface area contributed by atoms with Gasteiger partial charge in [0.05, 0.1) is 12.6 Å². The van der Waals surface area contributed by atoms with Crippen LogP contribution in [0, 0.1) is 23.7 Å². The molecule has 5 nitrogen and oxygen atoms in total. The van der Waals surface area contributed by atoms with Crippen LogP contribution in [0.4, 0.5) is 4.79 Å². The molecule has 4 bridgehead atoms. The molecule has 5 N–H and O–H groups in total. The summed E-state index contributed by atoms with van der Waals surface area (Å²) in [4.78, 5) is 12.0.